The zero-order chi connectivity index (χ0) is 14.4. The molecule has 2 heterocycles. The highest BCUT2D eigenvalue weighted by molar-refractivity contribution is 5.79. The summed E-state index contributed by atoms with van der Waals surface area (Å²) >= 11 is 0. The molecule has 0 aliphatic carbocycles. The first-order valence-electron chi connectivity index (χ1n) is 8.04. The number of unbranched alkanes of at least 4 members (excludes halogenated alkanes) is 2. The lowest BCUT2D eigenvalue weighted by atomic mass is 9.94. The molecule has 2 rings (SSSR count). The predicted molar refractivity (Wildman–Crippen MR) is 80.4 cm³/mol. The van der Waals surface area contributed by atoms with Crippen LogP contribution < -0.4 is 0 Å². The molecule has 1 aliphatic heterocycles. The summed E-state index contributed by atoms with van der Waals surface area (Å²) in [7, 11) is 0. The van der Waals surface area contributed by atoms with Gasteiger partial charge in [0.1, 0.15) is 0 Å². The molecule has 1 aliphatic rings. The van der Waals surface area contributed by atoms with E-state index < -0.39 is 0 Å². The highest BCUT2D eigenvalue weighted by atomic mass is 16.2. The number of fused-ring (bicyclic) bond motifs is 1. The Morgan fingerprint density at radius 3 is 2.70 bits per heavy atom. The van der Waals surface area contributed by atoms with Crippen molar-refractivity contribution in [2.45, 2.75) is 58.9 Å². The quantitative estimate of drug-likeness (QED) is 0.768. The molecular weight excluding hydrogens is 250 g/mol. The normalized spacial score (nSPS) is 17.8. The number of hydrogen-bond donors (Lipinski definition) is 0. The molecule has 112 valence electrons. The van der Waals surface area contributed by atoms with Crippen molar-refractivity contribution < 1.29 is 4.79 Å². The Morgan fingerprint density at radius 1 is 1.35 bits per heavy atom. The second-order valence-corrected chi connectivity index (χ2v) is 5.80. The average Bonchev–Trinajstić information content (AvgIpc) is 2.94. The molecule has 0 fully saturated rings. The van der Waals surface area contributed by atoms with Crippen molar-refractivity contribution in [3.05, 3.63) is 18.2 Å². The van der Waals surface area contributed by atoms with E-state index in [0.29, 0.717) is 5.91 Å². The van der Waals surface area contributed by atoms with Crippen molar-refractivity contribution in [2.24, 2.45) is 5.92 Å². The van der Waals surface area contributed by atoms with Gasteiger partial charge in [-0.3, -0.25) is 4.79 Å². The van der Waals surface area contributed by atoms with Gasteiger partial charge in [0, 0.05) is 43.9 Å². The smallest absolute Gasteiger partial charge is 0.226 e. The minimum atomic E-state index is 0.160. The van der Waals surface area contributed by atoms with Gasteiger partial charge in [0.05, 0.1) is 6.33 Å². The minimum absolute atomic E-state index is 0.160. The van der Waals surface area contributed by atoms with Gasteiger partial charge in [-0.25, -0.2) is 4.98 Å². The Balaban J connectivity index is 1.96. The van der Waals surface area contributed by atoms with Gasteiger partial charge in [-0.1, -0.05) is 26.7 Å². The summed E-state index contributed by atoms with van der Waals surface area (Å²) in [4.78, 5) is 19.0. The first kappa shape index (κ1) is 15.1. The van der Waals surface area contributed by atoms with E-state index in [0.717, 1.165) is 58.2 Å². The molecule has 0 spiro atoms. The number of aromatic nitrogens is 2. The summed E-state index contributed by atoms with van der Waals surface area (Å²) in [5.41, 5.74) is 1.21. The summed E-state index contributed by atoms with van der Waals surface area (Å²) in [6.45, 7) is 7.14. The van der Waals surface area contributed by atoms with Crippen LogP contribution in [0.2, 0.25) is 0 Å². The fraction of sp³-hybridized carbons (Fsp3) is 0.750. The van der Waals surface area contributed by atoms with Crippen molar-refractivity contribution in [2.75, 3.05) is 13.1 Å². The lowest BCUT2D eigenvalue weighted by Crippen LogP contribution is -2.40. The van der Waals surface area contributed by atoms with Gasteiger partial charge in [-0.05, 0) is 19.3 Å². The van der Waals surface area contributed by atoms with Crippen LogP contribution in [0, 0.1) is 5.92 Å². The molecule has 1 unspecified atom stereocenters. The largest absolute Gasteiger partial charge is 0.342 e. The van der Waals surface area contributed by atoms with Crippen LogP contribution in [-0.4, -0.2) is 33.4 Å². The van der Waals surface area contributed by atoms with E-state index >= 15 is 0 Å². The van der Waals surface area contributed by atoms with Crippen LogP contribution in [0.3, 0.4) is 0 Å². The topological polar surface area (TPSA) is 38.1 Å². The number of carbonyl (C=O) groups excluding carboxylic acids is 1. The zero-order valence-electron chi connectivity index (χ0n) is 12.8. The molecule has 1 aromatic rings. The van der Waals surface area contributed by atoms with Crippen molar-refractivity contribution >= 4 is 5.91 Å². The number of nitrogens with zero attached hydrogens (tertiary/aromatic N) is 3. The maximum atomic E-state index is 12.7. The van der Waals surface area contributed by atoms with Crippen LogP contribution in [0.15, 0.2) is 12.5 Å². The van der Waals surface area contributed by atoms with Crippen molar-refractivity contribution in [3.8, 4) is 0 Å². The average molecular weight is 277 g/mol. The fourth-order valence-corrected chi connectivity index (χ4v) is 2.87. The zero-order valence-corrected chi connectivity index (χ0v) is 12.8. The summed E-state index contributed by atoms with van der Waals surface area (Å²) in [5, 5.41) is 0. The summed E-state index contributed by atoms with van der Waals surface area (Å²) < 4.78 is 2.17. The van der Waals surface area contributed by atoms with Crippen molar-refractivity contribution in [1.29, 1.82) is 0 Å². The molecule has 1 atom stereocenters. The monoisotopic (exact) mass is 277 g/mol. The van der Waals surface area contributed by atoms with Crippen molar-refractivity contribution in [3.63, 3.8) is 0 Å². The summed E-state index contributed by atoms with van der Waals surface area (Å²) in [5.74, 6) is 0.521. The number of amides is 1. The molecule has 0 aromatic carbocycles. The summed E-state index contributed by atoms with van der Waals surface area (Å²) in [6, 6.07) is 0. The van der Waals surface area contributed by atoms with E-state index in [1.807, 2.05) is 12.5 Å². The molecule has 0 N–H and O–H groups in total. The minimum Gasteiger partial charge on any atom is -0.342 e. The standard InChI is InChI=1S/C16H27N3O/c1-3-5-8-18(9-6-4-2)16(20)14-7-10-19-13-17-12-15(19)11-14/h12-14H,3-11H2,1-2H3. The molecule has 0 bridgehead atoms. The number of rotatable bonds is 7. The van der Waals surface area contributed by atoms with E-state index in [1.54, 1.807) is 0 Å². The first-order chi connectivity index (χ1) is 9.76. The van der Waals surface area contributed by atoms with Crippen LogP contribution in [0.5, 0.6) is 0 Å². The summed E-state index contributed by atoms with van der Waals surface area (Å²) in [6.07, 6.45) is 10.1. The van der Waals surface area contributed by atoms with Gasteiger partial charge in [0.25, 0.3) is 0 Å². The first-order valence-corrected chi connectivity index (χ1v) is 8.04. The van der Waals surface area contributed by atoms with E-state index in [1.165, 1.54) is 5.69 Å². The Morgan fingerprint density at radius 2 is 2.05 bits per heavy atom. The fourth-order valence-electron chi connectivity index (χ4n) is 2.87. The molecule has 0 radical (unpaired) electrons. The molecule has 0 saturated carbocycles. The van der Waals surface area contributed by atoms with E-state index in [4.69, 9.17) is 0 Å². The Hall–Kier alpha value is -1.32. The van der Waals surface area contributed by atoms with Gasteiger partial charge < -0.3 is 9.47 Å². The van der Waals surface area contributed by atoms with E-state index in [9.17, 15) is 4.79 Å². The third kappa shape index (κ3) is 3.62. The van der Waals surface area contributed by atoms with Gasteiger partial charge in [-0.15, -0.1) is 0 Å². The van der Waals surface area contributed by atoms with Crippen molar-refractivity contribution in [1.82, 2.24) is 14.5 Å². The Labute approximate surface area is 122 Å². The highest BCUT2D eigenvalue weighted by Crippen LogP contribution is 2.22. The van der Waals surface area contributed by atoms with E-state index in [-0.39, 0.29) is 5.92 Å². The third-order valence-corrected chi connectivity index (χ3v) is 4.20. The second-order valence-electron chi connectivity index (χ2n) is 5.80. The lowest BCUT2D eigenvalue weighted by molar-refractivity contribution is -0.136. The third-order valence-electron chi connectivity index (χ3n) is 4.20. The number of hydrogen-bond acceptors (Lipinski definition) is 2. The highest BCUT2D eigenvalue weighted by Gasteiger charge is 2.28. The molecule has 20 heavy (non-hydrogen) atoms. The molecule has 0 saturated heterocycles. The molecule has 1 amide bonds. The second kappa shape index (κ2) is 7.46. The number of carbonyl (C=O) groups is 1. The van der Waals surface area contributed by atoms with E-state index in [2.05, 4.69) is 28.3 Å². The van der Waals surface area contributed by atoms with Crippen LogP contribution in [0.1, 0.15) is 51.6 Å². The van der Waals surface area contributed by atoms with Gasteiger partial charge in [0.2, 0.25) is 5.91 Å². The molecule has 4 heteroatoms. The van der Waals surface area contributed by atoms with Crippen LogP contribution in [0.4, 0.5) is 0 Å². The molecule has 4 nitrogen and oxygen atoms in total. The lowest BCUT2D eigenvalue weighted by Gasteiger charge is -2.30. The molecule has 1 aromatic heterocycles. The Kier molecular flexibility index (Phi) is 5.62. The predicted octanol–water partition coefficient (Wildman–Crippen LogP) is 2.87. The van der Waals surface area contributed by atoms with Gasteiger partial charge in [-0.2, -0.15) is 0 Å². The van der Waals surface area contributed by atoms with Gasteiger partial charge >= 0.3 is 0 Å². The maximum absolute atomic E-state index is 12.7. The number of aryl methyl sites for hydroxylation is 1. The van der Waals surface area contributed by atoms with Gasteiger partial charge in [0.15, 0.2) is 0 Å². The van der Waals surface area contributed by atoms with Crippen LogP contribution in [-0.2, 0) is 17.8 Å². The van der Waals surface area contributed by atoms with Crippen LogP contribution >= 0.6 is 0 Å². The maximum Gasteiger partial charge on any atom is 0.226 e. The Bertz CT molecular complexity index is 419. The molecular formula is C16H27N3O. The van der Waals surface area contributed by atoms with Crippen LogP contribution in [0.25, 0.3) is 0 Å². The SMILES string of the molecule is CCCCN(CCCC)C(=O)C1CCn2cncc2C1. The number of imidazole rings is 1.